The molecule has 16 heavy (non-hydrogen) atoms. The summed E-state index contributed by atoms with van der Waals surface area (Å²) in [7, 11) is -1.93. The van der Waals surface area contributed by atoms with E-state index in [9.17, 15) is 4.79 Å². The monoisotopic (exact) mass is 240 g/mol. The minimum Gasteiger partial charge on any atom is -0.519 e. The number of hydrogen-bond donors (Lipinski definition) is 0. The number of hydrogen-bond acceptors (Lipinski definition) is 2. The maximum atomic E-state index is 12.0. The second kappa shape index (κ2) is 4.74. The highest BCUT2D eigenvalue weighted by Gasteiger charge is 2.41. The topological polar surface area (TPSA) is 26.3 Å². The molecule has 0 bridgehead atoms. The van der Waals surface area contributed by atoms with Crippen molar-refractivity contribution < 1.29 is 9.22 Å². The summed E-state index contributed by atoms with van der Waals surface area (Å²) < 4.78 is 5.81. The zero-order valence-corrected chi connectivity index (χ0v) is 12.2. The summed E-state index contributed by atoms with van der Waals surface area (Å²) in [5.41, 5.74) is 0. The highest BCUT2D eigenvalue weighted by molar-refractivity contribution is 6.75. The lowest BCUT2D eigenvalue weighted by atomic mass is 9.95. The molecule has 1 aliphatic rings. The minimum atomic E-state index is -1.93. The van der Waals surface area contributed by atoms with Crippen LogP contribution in [0.2, 0.25) is 18.1 Å². The van der Waals surface area contributed by atoms with Gasteiger partial charge in [-0.25, -0.2) is 0 Å². The van der Waals surface area contributed by atoms with E-state index in [4.69, 9.17) is 4.43 Å². The molecule has 3 heteroatoms. The van der Waals surface area contributed by atoms with Gasteiger partial charge in [0.15, 0.2) is 0 Å². The van der Waals surface area contributed by atoms with Crippen molar-refractivity contribution in [3.8, 4) is 0 Å². The van der Waals surface area contributed by atoms with Gasteiger partial charge in [0.2, 0.25) is 0 Å². The van der Waals surface area contributed by atoms with Crippen LogP contribution in [0, 0.1) is 5.92 Å². The Morgan fingerprint density at radius 1 is 1.31 bits per heavy atom. The third-order valence-corrected chi connectivity index (χ3v) is 8.09. The highest BCUT2D eigenvalue weighted by Crippen LogP contribution is 2.37. The van der Waals surface area contributed by atoms with Crippen LogP contribution in [0.5, 0.6) is 0 Å². The third kappa shape index (κ3) is 3.21. The van der Waals surface area contributed by atoms with Crippen molar-refractivity contribution in [2.75, 3.05) is 0 Å². The van der Waals surface area contributed by atoms with Crippen LogP contribution in [0.4, 0.5) is 0 Å². The number of rotatable bonds is 2. The van der Waals surface area contributed by atoms with Gasteiger partial charge in [-0.3, -0.25) is 4.79 Å². The largest absolute Gasteiger partial charge is 0.519 e. The molecular formula is C13H24O2Si. The molecule has 0 N–H and O–H groups in total. The average molecular weight is 240 g/mol. The fourth-order valence-electron chi connectivity index (χ4n) is 1.50. The zero-order chi connectivity index (χ0) is 12.4. The van der Waals surface area contributed by atoms with Gasteiger partial charge < -0.3 is 4.43 Å². The van der Waals surface area contributed by atoms with Crippen LogP contribution in [-0.2, 0) is 9.22 Å². The van der Waals surface area contributed by atoms with Gasteiger partial charge in [0.05, 0.1) is 5.92 Å². The summed E-state index contributed by atoms with van der Waals surface area (Å²) in [6, 6.07) is 0. The Kier molecular flexibility index (Phi) is 4.00. The molecule has 0 spiro atoms. The van der Waals surface area contributed by atoms with E-state index in [-0.39, 0.29) is 16.9 Å². The Morgan fingerprint density at radius 3 is 2.38 bits per heavy atom. The van der Waals surface area contributed by atoms with Gasteiger partial charge in [-0.1, -0.05) is 32.9 Å². The molecule has 0 saturated carbocycles. The molecular weight excluding hydrogens is 216 g/mol. The predicted molar refractivity (Wildman–Crippen MR) is 69.8 cm³/mol. The molecule has 1 rings (SSSR count). The Hall–Kier alpha value is -0.573. The molecule has 1 unspecified atom stereocenters. The molecule has 0 aromatic carbocycles. The van der Waals surface area contributed by atoms with Crippen molar-refractivity contribution in [3.05, 3.63) is 12.2 Å². The summed E-state index contributed by atoms with van der Waals surface area (Å²) in [4.78, 5) is 12.0. The molecule has 1 atom stereocenters. The van der Waals surface area contributed by atoms with Crippen LogP contribution in [0.1, 0.15) is 40.0 Å². The Morgan fingerprint density at radius 2 is 1.94 bits per heavy atom. The van der Waals surface area contributed by atoms with E-state index in [0.717, 1.165) is 19.3 Å². The number of allylic oxidation sites excluding steroid dienone is 2. The summed E-state index contributed by atoms with van der Waals surface area (Å²) in [5, 5.41) is 0.104. The van der Waals surface area contributed by atoms with Crippen LogP contribution in [0.3, 0.4) is 0 Å². The Labute approximate surface area is 100 Å². The standard InChI is InChI=1S/C13H24O2Si/c1-13(2,3)16(4,5)15-12(14)11-9-7-6-8-10-11/h6-7,11H,8-10H2,1-5H3. The summed E-state index contributed by atoms with van der Waals surface area (Å²) in [6.07, 6.45) is 7.06. The average Bonchev–Trinajstić information content (AvgIpc) is 2.16. The Bertz CT molecular complexity index is 287. The molecule has 0 amide bonds. The highest BCUT2D eigenvalue weighted by atomic mass is 28.4. The van der Waals surface area contributed by atoms with E-state index >= 15 is 0 Å². The summed E-state index contributed by atoms with van der Waals surface area (Å²) in [5.74, 6) is 0.120. The van der Waals surface area contributed by atoms with Gasteiger partial charge in [-0.15, -0.1) is 0 Å². The van der Waals surface area contributed by atoms with Crippen molar-refractivity contribution in [2.45, 2.75) is 58.2 Å². The molecule has 0 aromatic rings. The number of carbonyl (C=O) groups excluding carboxylic acids is 1. The fourth-order valence-corrected chi connectivity index (χ4v) is 2.47. The SMILES string of the molecule is CC(C)(C)[Si](C)(C)OC(=O)C1CC=CCC1. The molecule has 0 heterocycles. The minimum absolute atomic E-state index is 0.0240. The van der Waals surface area contributed by atoms with Gasteiger partial charge in [0, 0.05) is 0 Å². The molecule has 0 aromatic heterocycles. The maximum Gasteiger partial charge on any atom is 0.295 e. The molecule has 2 nitrogen and oxygen atoms in total. The molecule has 92 valence electrons. The molecule has 0 fully saturated rings. The predicted octanol–water partition coefficient (Wildman–Crippen LogP) is 3.89. The Balaban J connectivity index is 2.60. The van der Waals surface area contributed by atoms with Gasteiger partial charge in [-0.2, -0.15) is 0 Å². The third-order valence-electron chi connectivity index (χ3n) is 3.76. The quantitative estimate of drug-likeness (QED) is 0.540. The van der Waals surface area contributed by atoms with Gasteiger partial charge in [0.1, 0.15) is 0 Å². The molecule has 0 saturated heterocycles. The van der Waals surface area contributed by atoms with E-state index in [1.807, 2.05) is 0 Å². The van der Waals surface area contributed by atoms with Gasteiger partial charge >= 0.3 is 0 Å². The van der Waals surface area contributed by atoms with Crippen molar-refractivity contribution in [1.82, 2.24) is 0 Å². The van der Waals surface area contributed by atoms with E-state index in [2.05, 4.69) is 46.0 Å². The van der Waals surface area contributed by atoms with E-state index in [1.165, 1.54) is 0 Å². The lowest BCUT2D eigenvalue weighted by Gasteiger charge is -2.36. The summed E-state index contributed by atoms with van der Waals surface area (Å²) >= 11 is 0. The van der Waals surface area contributed by atoms with Crippen molar-refractivity contribution >= 4 is 14.3 Å². The molecule has 0 aliphatic heterocycles. The van der Waals surface area contributed by atoms with E-state index in [1.54, 1.807) is 0 Å². The first-order chi connectivity index (χ1) is 7.24. The van der Waals surface area contributed by atoms with Crippen LogP contribution in [0.25, 0.3) is 0 Å². The van der Waals surface area contributed by atoms with E-state index in [0.29, 0.717) is 0 Å². The lowest BCUT2D eigenvalue weighted by molar-refractivity contribution is -0.140. The van der Waals surface area contributed by atoms with Crippen LogP contribution >= 0.6 is 0 Å². The first-order valence-corrected chi connectivity index (χ1v) is 9.03. The van der Waals surface area contributed by atoms with Crippen LogP contribution < -0.4 is 0 Å². The first kappa shape index (κ1) is 13.5. The van der Waals surface area contributed by atoms with Gasteiger partial charge in [-0.05, 0) is 37.4 Å². The van der Waals surface area contributed by atoms with E-state index < -0.39 is 8.32 Å². The van der Waals surface area contributed by atoms with Crippen LogP contribution in [-0.4, -0.2) is 14.3 Å². The first-order valence-electron chi connectivity index (χ1n) is 6.12. The smallest absolute Gasteiger partial charge is 0.295 e. The molecule has 0 radical (unpaired) electrons. The van der Waals surface area contributed by atoms with Crippen molar-refractivity contribution in [3.63, 3.8) is 0 Å². The number of carbonyl (C=O) groups is 1. The van der Waals surface area contributed by atoms with Crippen LogP contribution in [0.15, 0.2) is 12.2 Å². The normalized spacial score (nSPS) is 21.9. The summed E-state index contributed by atoms with van der Waals surface area (Å²) in [6.45, 7) is 10.7. The zero-order valence-electron chi connectivity index (χ0n) is 11.2. The van der Waals surface area contributed by atoms with Gasteiger partial charge in [0.25, 0.3) is 14.3 Å². The fraction of sp³-hybridized carbons (Fsp3) is 0.769. The maximum absolute atomic E-state index is 12.0. The second-order valence-electron chi connectivity index (χ2n) is 6.16. The van der Waals surface area contributed by atoms with Crippen molar-refractivity contribution in [2.24, 2.45) is 5.92 Å². The van der Waals surface area contributed by atoms with Crippen molar-refractivity contribution in [1.29, 1.82) is 0 Å². The molecule has 1 aliphatic carbocycles. The second-order valence-corrected chi connectivity index (χ2v) is 10.9. The lowest BCUT2D eigenvalue weighted by Crippen LogP contribution is -2.44.